The van der Waals surface area contributed by atoms with Gasteiger partial charge in [-0.05, 0) is 73.4 Å². The van der Waals surface area contributed by atoms with Gasteiger partial charge in [-0.15, -0.1) is 22.7 Å². The minimum atomic E-state index is -0.555. The van der Waals surface area contributed by atoms with Crippen LogP contribution in [0.15, 0.2) is 10.8 Å². The molecule has 0 radical (unpaired) electrons. The van der Waals surface area contributed by atoms with E-state index < -0.39 is 35.3 Å². The average Bonchev–Trinajstić information content (AvgIpc) is 3.34. The van der Waals surface area contributed by atoms with Crippen LogP contribution in [0.25, 0.3) is 0 Å². The van der Waals surface area contributed by atoms with Gasteiger partial charge in [0.2, 0.25) is 0 Å². The van der Waals surface area contributed by atoms with Gasteiger partial charge in [-0.3, -0.25) is 10.2 Å². The predicted molar refractivity (Wildman–Crippen MR) is 150 cm³/mol. The molecule has 1 N–H and O–H groups in total. The summed E-state index contributed by atoms with van der Waals surface area (Å²) in [7, 11) is 2.66. The lowest BCUT2D eigenvalue weighted by Gasteiger charge is -2.26. The lowest BCUT2D eigenvalue weighted by molar-refractivity contribution is 0.0574. The molecule has 0 aliphatic carbocycles. The van der Waals surface area contributed by atoms with Crippen molar-refractivity contribution in [2.24, 2.45) is 0 Å². The van der Waals surface area contributed by atoms with Gasteiger partial charge >= 0.3 is 24.1 Å². The third kappa shape index (κ3) is 9.64. The minimum Gasteiger partial charge on any atom is -0.465 e. The Morgan fingerprint density at radius 1 is 0.816 bits per heavy atom. The van der Waals surface area contributed by atoms with Crippen LogP contribution in [0.2, 0.25) is 0 Å². The van der Waals surface area contributed by atoms with Crippen molar-refractivity contribution in [1.82, 2.24) is 0 Å². The maximum atomic E-state index is 12.2. The number of ether oxygens (including phenoxy) is 4. The molecule has 0 spiro atoms. The summed E-state index contributed by atoms with van der Waals surface area (Å²) in [6.07, 6.45) is -0.953. The van der Waals surface area contributed by atoms with Crippen LogP contribution in [0.4, 0.5) is 19.6 Å². The monoisotopic (exact) mass is 570 g/mol. The van der Waals surface area contributed by atoms with Crippen molar-refractivity contribution in [1.29, 1.82) is 0 Å². The van der Waals surface area contributed by atoms with Crippen molar-refractivity contribution in [2.75, 3.05) is 31.0 Å². The maximum absolute atomic E-state index is 12.2. The first-order valence-corrected chi connectivity index (χ1v) is 13.5. The van der Waals surface area contributed by atoms with Gasteiger partial charge in [-0.2, -0.15) is 0 Å². The first-order chi connectivity index (χ1) is 17.4. The zero-order valence-electron chi connectivity index (χ0n) is 23.9. The van der Waals surface area contributed by atoms with Crippen LogP contribution in [-0.2, 0) is 18.9 Å². The highest BCUT2D eigenvalue weighted by atomic mass is 32.1. The molecule has 0 aliphatic rings. The van der Waals surface area contributed by atoms with Gasteiger partial charge in [0.05, 0.1) is 25.3 Å². The first-order valence-electron chi connectivity index (χ1n) is 11.8. The molecule has 0 saturated heterocycles. The number of rotatable bonds is 5. The Hall–Kier alpha value is -3.12. The molecule has 0 bridgehead atoms. The fourth-order valence-corrected chi connectivity index (χ4v) is 4.96. The number of esters is 2. The Labute approximate surface area is 232 Å². The van der Waals surface area contributed by atoms with Gasteiger partial charge in [0.15, 0.2) is 0 Å². The molecule has 212 valence electrons. The number of carbonyl (C=O) groups excluding carboxylic acids is 4. The third-order valence-corrected chi connectivity index (χ3v) is 6.75. The smallest absolute Gasteiger partial charge is 0.415 e. The highest BCUT2D eigenvalue weighted by molar-refractivity contribution is 7.15. The van der Waals surface area contributed by atoms with Crippen LogP contribution in [-0.4, -0.2) is 56.1 Å². The quantitative estimate of drug-likeness (QED) is 0.308. The standard InChI is InChI=1S/C14H21NO4S.C12H17NO4S/c1-7-15(13(17)19-14(3,4)5)11-9(2)10(8-20-11)12(16)18-6;1-7-8(10(14)16-5)6-18-9(7)13-11(15)17-12(2,3)4/h8H,7H2,1-6H3;6H,1-5H3,(H,13,15). The predicted octanol–water partition coefficient (Wildman–Crippen LogP) is 6.79. The van der Waals surface area contributed by atoms with Crippen molar-refractivity contribution >= 4 is 56.8 Å². The van der Waals surface area contributed by atoms with E-state index in [4.69, 9.17) is 14.2 Å². The van der Waals surface area contributed by atoms with Crippen LogP contribution in [0.1, 0.15) is 80.3 Å². The van der Waals surface area contributed by atoms with Gasteiger partial charge in [0.25, 0.3) is 0 Å². The molecule has 2 heterocycles. The van der Waals surface area contributed by atoms with E-state index >= 15 is 0 Å². The lowest BCUT2D eigenvalue weighted by atomic mass is 10.2. The molecule has 0 atom stereocenters. The van der Waals surface area contributed by atoms with Crippen LogP contribution in [0.5, 0.6) is 0 Å². The summed E-state index contributed by atoms with van der Waals surface area (Å²) in [5.74, 6) is -0.814. The fraction of sp³-hybridized carbons (Fsp3) is 0.538. The molecule has 0 aliphatic heterocycles. The van der Waals surface area contributed by atoms with Crippen molar-refractivity contribution in [2.45, 2.75) is 73.5 Å². The minimum absolute atomic E-state index is 0.398. The number of nitrogens with zero attached hydrogens (tertiary/aromatic N) is 1. The lowest BCUT2D eigenvalue weighted by Crippen LogP contribution is -2.36. The van der Waals surface area contributed by atoms with E-state index in [1.807, 2.05) is 27.7 Å². The highest BCUT2D eigenvalue weighted by Crippen LogP contribution is 2.32. The normalized spacial score (nSPS) is 11.0. The second-order valence-electron chi connectivity index (χ2n) is 10.0. The van der Waals surface area contributed by atoms with Crippen LogP contribution in [0.3, 0.4) is 0 Å². The van der Waals surface area contributed by atoms with E-state index in [0.717, 1.165) is 5.56 Å². The zero-order chi connectivity index (χ0) is 29.4. The fourth-order valence-electron chi connectivity index (χ4n) is 2.90. The second-order valence-corrected chi connectivity index (χ2v) is 11.8. The number of methoxy groups -OCH3 is 2. The number of amides is 2. The van der Waals surface area contributed by atoms with E-state index in [1.165, 1.54) is 41.8 Å². The maximum Gasteiger partial charge on any atom is 0.415 e. The van der Waals surface area contributed by atoms with Gasteiger partial charge in [0.1, 0.15) is 21.2 Å². The molecular formula is C26H38N2O8S2. The summed E-state index contributed by atoms with van der Waals surface area (Å²) < 4.78 is 19.9. The Balaban J connectivity index is 0.000000382. The molecule has 0 saturated carbocycles. The summed E-state index contributed by atoms with van der Waals surface area (Å²) in [6.45, 7) is 16.7. The summed E-state index contributed by atoms with van der Waals surface area (Å²) in [5.41, 5.74) is 1.23. The summed E-state index contributed by atoms with van der Waals surface area (Å²) >= 11 is 2.59. The third-order valence-electron chi connectivity index (χ3n) is 4.65. The molecule has 0 unspecified atom stereocenters. The summed E-state index contributed by atoms with van der Waals surface area (Å²) in [4.78, 5) is 48.3. The SMILES string of the molecule is CCN(C(=O)OC(C)(C)C)c1scc(C(=O)OC)c1C.COC(=O)c1csc(NC(=O)OC(C)(C)C)c1C. The van der Waals surface area contributed by atoms with E-state index in [1.54, 1.807) is 45.4 Å². The highest BCUT2D eigenvalue weighted by Gasteiger charge is 2.26. The number of hydrogen-bond donors (Lipinski definition) is 1. The van der Waals surface area contributed by atoms with Gasteiger partial charge in [0, 0.05) is 17.3 Å². The number of anilines is 2. The molecule has 10 nitrogen and oxygen atoms in total. The first kappa shape index (κ1) is 32.9. The molecule has 2 aromatic heterocycles. The summed E-state index contributed by atoms with van der Waals surface area (Å²) in [6, 6.07) is 0. The molecule has 38 heavy (non-hydrogen) atoms. The number of thiophene rings is 2. The van der Waals surface area contributed by atoms with Crippen LogP contribution in [0, 0.1) is 13.8 Å². The Morgan fingerprint density at radius 3 is 1.74 bits per heavy atom. The van der Waals surface area contributed by atoms with Gasteiger partial charge in [-0.1, -0.05) is 0 Å². The van der Waals surface area contributed by atoms with Crippen molar-refractivity contribution in [3.8, 4) is 0 Å². The van der Waals surface area contributed by atoms with E-state index in [9.17, 15) is 19.2 Å². The van der Waals surface area contributed by atoms with E-state index in [0.29, 0.717) is 33.2 Å². The topological polar surface area (TPSA) is 120 Å². The average molecular weight is 571 g/mol. The molecule has 2 amide bonds. The van der Waals surface area contributed by atoms with Crippen molar-refractivity contribution in [3.63, 3.8) is 0 Å². The Bertz CT molecular complexity index is 1140. The zero-order valence-corrected chi connectivity index (χ0v) is 25.5. The number of carbonyl (C=O) groups is 4. The van der Waals surface area contributed by atoms with Crippen LogP contribution >= 0.6 is 22.7 Å². The number of hydrogen-bond acceptors (Lipinski definition) is 10. The largest absolute Gasteiger partial charge is 0.465 e. The molecule has 2 aromatic rings. The van der Waals surface area contributed by atoms with E-state index in [-0.39, 0.29) is 0 Å². The van der Waals surface area contributed by atoms with Crippen LogP contribution < -0.4 is 10.2 Å². The second kappa shape index (κ2) is 13.6. The Kier molecular flexibility index (Phi) is 11.8. The molecular weight excluding hydrogens is 532 g/mol. The van der Waals surface area contributed by atoms with Crippen molar-refractivity contribution < 1.29 is 38.1 Å². The molecule has 0 aromatic carbocycles. The Morgan fingerprint density at radius 2 is 1.29 bits per heavy atom. The van der Waals surface area contributed by atoms with Gasteiger partial charge in [-0.25, -0.2) is 19.2 Å². The van der Waals surface area contributed by atoms with Gasteiger partial charge < -0.3 is 18.9 Å². The summed E-state index contributed by atoms with van der Waals surface area (Å²) in [5, 5.41) is 7.26. The molecule has 0 fully saturated rings. The molecule has 12 heteroatoms. The van der Waals surface area contributed by atoms with Crippen molar-refractivity contribution in [3.05, 3.63) is 33.0 Å². The molecule has 2 rings (SSSR count). The van der Waals surface area contributed by atoms with E-state index in [2.05, 4.69) is 10.1 Å². The number of nitrogens with one attached hydrogen (secondary N) is 1.